The first-order valence-corrected chi connectivity index (χ1v) is 7.63. The molecule has 0 bridgehead atoms. The molecule has 1 spiro atoms. The lowest BCUT2D eigenvalue weighted by atomic mass is 9.78. The maximum Gasteiger partial charge on any atom is 0.144 e. The summed E-state index contributed by atoms with van der Waals surface area (Å²) in [7, 11) is 0. The van der Waals surface area contributed by atoms with Crippen molar-refractivity contribution in [1.82, 2.24) is 0 Å². The Kier molecular flexibility index (Phi) is 3.78. The van der Waals surface area contributed by atoms with E-state index in [0.29, 0.717) is 5.92 Å². The van der Waals surface area contributed by atoms with Crippen LogP contribution in [-0.2, 0) is 4.84 Å². The monoisotopic (exact) mass is 323 g/mol. The fourth-order valence-electron chi connectivity index (χ4n) is 2.85. The van der Waals surface area contributed by atoms with E-state index in [0.717, 1.165) is 49.1 Å². The molecule has 1 aliphatic heterocycles. The number of ether oxygens (including phenoxy) is 1. The van der Waals surface area contributed by atoms with Crippen molar-refractivity contribution >= 4 is 20.6 Å². The minimum atomic E-state index is -0.0257. The Balaban J connectivity index is 1.46. The smallest absolute Gasteiger partial charge is 0.144 e. The standard InChI is InChI=1S/C15H18BrNO2/c16-14-10-15(19-17-14)8-6-12(7-9-15)11-18-13-4-2-1-3-5-13/h1-5,12H,6-11H2. The molecule has 1 aromatic carbocycles. The van der Waals surface area contributed by atoms with E-state index in [4.69, 9.17) is 9.57 Å². The van der Waals surface area contributed by atoms with Crippen molar-refractivity contribution < 1.29 is 9.57 Å². The molecule has 1 aromatic rings. The van der Waals surface area contributed by atoms with Crippen LogP contribution in [0.2, 0.25) is 0 Å². The van der Waals surface area contributed by atoms with E-state index in [2.05, 4.69) is 21.1 Å². The molecule has 102 valence electrons. The molecule has 1 saturated carbocycles. The van der Waals surface area contributed by atoms with Crippen LogP contribution < -0.4 is 4.74 Å². The number of para-hydroxylation sites is 1. The lowest BCUT2D eigenvalue weighted by molar-refractivity contribution is -0.0573. The predicted molar refractivity (Wildman–Crippen MR) is 78.7 cm³/mol. The van der Waals surface area contributed by atoms with Crippen LogP contribution in [0.5, 0.6) is 5.75 Å². The van der Waals surface area contributed by atoms with Gasteiger partial charge in [0, 0.05) is 6.42 Å². The van der Waals surface area contributed by atoms with Gasteiger partial charge in [-0.25, -0.2) is 0 Å². The molecule has 0 aromatic heterocycles. The molecule has 0 saturated heterocycles. The van der Waals surface area contributed by atoms with Crippen LogP contribution in [0, 0.1) is 5.92 Å². The van der Waals surface area contributed by atoms with Crippen molar-refractivity contribution in [2.75, 3.05) is 6.61 Å². The van der Waals surface area contributed by atoms with Crippen molar-refractivity contribution in [3.63, 3.8) is 0 Å². The Morgan fingerprint density at radius 2 is 2.00 bits per heavy atom. The fraction of sp³-hybridized carbons (Fsp3) is 0.533. The quantitative estimate of drug-likeness (QED) is 0.837. The van der Waals surface area contributed by atoms with Gasteiger partial charge in [-0.15, -0.1) is 0 Å². The minimum Gasteiger partial charge on any atom is -0.493 e. The van der Waals surface area contributed by atoms with Gasteiger partial charge < -0.3 is 9.57 Å². The zero-order valence-electron chi connectivity index (χ0n) is 10.8. The molecule has 0 atom stereocenters. The van der Waals surface area contributed by atoms with E-state index in [1.807, 2.05) is 30.3 Å². The van der Waals surface area contributed by atoms with E-state index in [1.165, 1.54) is 0 Å². The highest BCUT2D eigenvalue weighted by atomic mass is 79.9. The van der Waals surface area contributed by atoms with Crippen molar-refractivity contribution in [2.45, 2.75) is 37.7 Å². The van der Waals surface area contributed by atoms with Gasteiger partial charge in [-0.2, -0.15) is 0 Å². The topological polar surface area (TPSA) is 30.8 Å². The predicted octanol–water partition coefficient (Wildman–Crippen LogP) is 4.12. The maximum atomic E-state index is 5.84. The molecule has 4 heteroatoms. The van der Waals surface area contributed by atoms with Crippen molar-refractivity contribution in [1.29, 1.82) is 0 Å². The second-order valence-electron chi connectivity index (χ2n) is 5.49. The van der Waals surface area contributed by atoms with Gasteiger partial charge in [-0.1, -0.05) is 23.4 Å². The molecule has 19 heavy (non-hydrogen) atoms. The number of halogens is 1. The van der Waals surface area contributed by atoms with E-state index in [9.17, 15) is 0 Å². The number of nitrogens with zero attached hydrogens (tertiary/aromatic N) is 1. The van der Waals surface area contributed by atoms with Crippen LogP contribution in [0.15, 0.2) is 35.5 Å². The summed E-state index contributed by atoms with van der Waals surface area (Å²) in [5.74, 6) is 1.60. The molecule has 2 aliphatic rings. The number of benzene rings is 1. The lowest BCUT2D eigenvalue weighted by Crippen LogP contribution is -2.35. The van der Waals surface area contributed by atoms with Crippen LogP contribution in [0.25, 0.3) is 0 Å². The van der Waals surface area contributed by atoms with E-state index >= 15 is 0 Å². The summed E-state index contributed by atoms with van der Waals surface area (Å²) in [4.78, 5) is 5.61. The van der Waals surface area contributed by atoms with Crippen LogP contribution in [0.3, 0.4) is 0 Å². The van der Waals surface area contributed by atoms with Crippen LogP contribution >= 0.6 is 15.9 Å². The summed E-state index contributed by atoms with van der Waals surface area (Å²) < 4.78 is 6.79. The highest BCUT2D eigenvalue weighted by Crippen LogP contribution is 2.41. The Morgan fingerprint density at radius 3 is 2.63 bits per heavy atom. The molecule has 1 heterocycles. The average Bonchev–Trinajstić information content (AvgIpc) is 2.81. The molecule has 3 nitrogen and oxygen atoms in total. The molecule has 0 unspecified atom stereocenters. The molecule has 0 N–H and O–H groups in total. The molecule has 1 aliphatic carbocycles. The number of oxime groups is 1. The van der Waals surface area contributed by atoms with Crippen molar-refractivity contribution in [3.8, 4) is 5.75 Å². The number of hydrogen-bond donors (Lipinski definition) is 0. The van der Waals surface area contributed by atoms with Gasteiger partial charge in [0.25, 0.3) is 0 Å². The first kappa shape index (κ1) is 13.0. The number of rotatable bonds is 3. The first-order chi connectivity index (χ1) is 9.26. The van der Waals surface area contributed by atoms with Crippen molar-refractivity contribution in [2.24, 2.45) is 11.1 Å². The Hall–Kier alpha value is -1.03. The first-order valence-electron chi connectivity index (χ1n) is 6.84. The third-order valence-electron chi connectivity index (χ3n) is 4.05. The SMILES string of the molecule is BrC1=NOC2(CCC(COc3ccccc3)CC2)C1. The molecule has 1 fully saturated rings. The maximum absolute atomic E-state index is 5.84. The summed E-state index contributed by atoms with van der Waals surface area (Å²) in [6, 6.07) is 10.0. The summed E-state index contributed by atoms with van der Waals surface area (Å²) in [6.07, 6.45) is 5.40. The third-order valence-corrected chi connectivity index (χ3v) is 4.48. The Morgan fingerprint density at radius 1 is 1.26 bits per heavy atom. The van der Waals surface area contributed by atoms with Gasteiger partial charge in [0.05, 0.1) is 6.61 Å². The highest BCUT2D eigenvalue weighted by molar-refractivity contribution is 9.18. The summed E-state index contributed by atoms with van der Waals surface area (Å²) in [5, 5.41) is 4.03. The zero-order valence-corrected chi connectivity index (χ0v) is 12.4. The van der Waals surface area contributed by atoms with Gasteiger partial charge in [0.15, 0.2) is 0 Å². The van der Waals surface area contributed by atoms with Gasteiger partial charge in [-0.05, 0) is 59.7 Å². The largest absolute Gasteiger partial charge is 0.493 e. The van der Waals surface area contributed by atoms with Gasteiger partial charge in [-0.3, -0.25) is 0 Å². The second kappa shape index (κ2) is 5.53. The summed E-state index contributed by atoms with van der Waals surface area (Å²) in [6.45, 7) is 0.808. The van der Waals surface area contributed by atoms with Gasteiger partial charge in [0.1, 0.15) is 16.0 Å². The van der Waals surface area contributed by atoms with Gasteiger partial charge >= 0.3 is 0 Å². The Labute approximate surface area is 122 Å². The zero-order chi connectivity index (χ0) is 13.1. The summed E-state index contributed by atoms with van der Waals surface area (Å²) >= 11 is 3.43. The molecular formula is C15H18BrNO2. The number of hydrogen-bond acceptors (Lipinski definition) is 3. The van der Waals surface area contributed by atoms with E-state index < -0.39 is 0 Å². The summed E-state index contributed by atoms with van der Waals surface area (Å²) in [5.41, 5.74) is -0.0257. The van der Waals surface area contributed by atoms with Crippen molar-refractivity contribution in [3.05, 3.63) is 30.3 Å². The molecule has 3 rings (SSSR count). The average molecular weight is 324 g/mol. The van der Waals surface area contributed by atoms with E-state index in [-0.39, 0.29) is 5.60 Å². The Bertz CT molecular complexity index is 452. The molecule has 0 amide bonds. The molecular weight excluding hydrogens is 306 g/mol. The highest BCUT2D eigenvalue weighted by Gasteiger charge is 2.41. The fourth-order valence-corrected chi connectivity index (χ4v) is 3.43. The van der Waals surface area contributed by atoms with Gasteiger partial charge in [0.2, 0.25) is 0 Å². The lowest BCUT2D eigenvalue weighted by Gasteiger charge is -2.34. The molecule has 0 radical (unpaired) electrons. The minimum absolute atomic E-state index is 0.0257. The normalized spacial score (nSPS) is 29.9. The van der Waals surface area contributed by atoms with Crippen LogP contribution in [0.4, 0.5) is 0 Å². The van der Waals surface area contributed by atoms with Crippen LogP contribution in [0.1, 0.15) is 32.1 Å². The second-order valence-corrected chi connectivity index (χ2v) is 6.40. The van der Waals surface area contributed by atoms with Crippen LogP contribution in [-0.4, -0.2) is 16.8 Å². The van der Waals surface area contributed by atoms with E-state index in [1.54, 1.807) is 0 Å². The third kappa shape index (κ3) is 3.11.